The molecule has 0 spiro atoms. The Labute approximate surface area is 115 Å². The standard InChI is InChI=1S/C18H20O/c1-13(17(19)18(2,3)4)12-15-10-7-9-14-8-5-6-11-16(14)15/h5-11H,1,12H2,2-4H3. The van der Waals surface area contributed by atoms with Crippen LogP contribution < -0.4 is 0 Å². The molecule has 0 atom stereocenters. The van der Waals surface area contributed by atoms with Gasteiger partial charge in [0, 0.05) is 11.8 Å². The van der Waals surface area contributed by atoms with Crippen molar-refractivity contribution in [2.75, 3.05) is 0 Å². The summed E-state index contributed by atoms with van der Waals surface area (Å²) in [5.74, 6) is 0.139. The highest BCUT2D eigenvalue weighted by molar-refractivity contribution is 5.99. The van der Waals surface area contributed by atoms with Gasteiger partial charge in [0.25, 0.3) is 0 Å². The number of hydrogen-bond acceptors (Lipinski definition) is 1. The minimum Gasteiger partial charge on any atom is -0.294 e. The van der Waals surface area contributed by atoms with E-state index in [9.17, 15) is 4.79 Å². The number of allylic oxidation sites excluding steroid dienone is 1. The Morgan fingerprint density at radius 1 is 1.05 bits per heavy atom. The summed E-state index contributed by atoms with van der Waals surface area (Å²) in [4.78, 5) is 12.2. The lowest BCUT2D eigenvalue weighted by atomic mass is 9.84. The Kier molecular flexibility index (Phi) is 3.57. The Morgan fingerprint density at radius 3 is 2.37 bits per heavy atom. The third-order valence-electron chi connectivity index (χ3n) is 3.29. The Balaban J connectivity index is 2.32. The van der Waals surface area contributed by atoms with Gasteiger partial charge in [-0.15, -0.1) is 0 Å². The number of rotatable bonds is 3. The lowest BCUT2D eigenvalue weighted by Gasteiger charge is -2.18. The summed E-state index contributed by atoms with van der Waals surface area (Å²) in [6.45, 7) is 9.78. The molecular formula is C18H20O. The van der Waals surface area contributed by atoms with Crippen molar-refractivity contribution in [3.63, 3.8) is 0 Å². The van der Waals surface area contributed by atoms with Gasteiger partial charge in [0.1, 0.15) is 0 Å². The van der Waals surface area contributed by atoms with Crippen molar-refractivity contribution >= 4 is 16.6 Å². The minimum atomic E-state index is -0.359. The van der Waals surface area contributed by atoms with Crippen LogP contribution >= 0.6 is 0 Å². The lowest BCUT2D eigenvalue weighted by Crippen LogP contribution is -2.22. The van der Waals surface area contributed by atoms with Gasteiger partial charge < -0.3 is 0 Å². The Bertz CT molecular complexity index is 624. The Morgan fingerprint density at radius 2 is 1.68 bits per heavy atom. The molecule has 1 nitrogen and oxygen atoms in total. The first kappa shape index (κ1) is 13.5. The van der Waals surface area contributed by atoms with Gasteiger partial charge in [0.2, 0.25) is 0 Å². The zero-order chi connectivity index (χ0) is 14.0. The second kappa shape index (κ2) is 5.00. The Hall–Kier alpha value is -1.89. The van der Waals surface area contributed by atoms with Crippen LogP contribution in [0, 0.1) is 5.41 Å². The number of ketones is 1. The normalized spacial score (nSPS) is 11.5. The average Bonchev–Trinajstić information content (AvgIpc) is 2.37. The van der Waals surface area contributed by atoms with Crippen LogP contribution in [0.25, 0.3) is 10.8 Å². The van der Waals surface area contributed by atoms with Crippen molar-refractivity contribution in [1.82, 2.24) is 0 Å². The molecule has 0 amide bonds. The van der Waals surface area contributed by atoms with Crippen LogP contribution in [-0.4, -0.2) is 5.78 Å². The highest BCUT2D eigenvalue weighted by atomic mass is 16.1. The fraction of sp³-hybridized carbons (Fsp3) is 0.278. The molecular weight excluding hydrogens is 232 g/mol. The second-order valence-corrected chi connectivity index (χ2v) is 6.00. The van der Waals surface area contributed by atoms with Gasteiger partial charge in [0.05, 0.1) is 0 Å². The van der Waals surface area contributed by atoms with E-state index in [-0.39, 0.29) is 11.2 Å². The van der Waals surface area contributed by atoms with E-state index in [0.717, 1.165) is 0 Å². The average molecular weight is 252 g/mol. The van der Waals surface area contributed by atoms with Crippen LogP contribution in [0.4, 0.5) is 0 Å². The van der Waals surface area contributed by atoms with Crippen molar-refractivity contribution in [2.24, 2.45) is 5.41 Å². The molecule has 0 aromatic heterocycles. The summed E-state index contributed by atoms with van der Waals surface area (Å²) in [6, 6.07) is 14.4. The molecule has 0 saturated carbocycles. The van der Waals surface area contributed by atoms with E-state index in [4.69, 9.17) is 0 Å². The summed E-state index contributed by atoms with van der Waals surface area (Å²) in [5.41, 5.74) is 1.49. The van der Waals surface area contributed by atoms with Crippen LogP contribution in [0.3, 0.4) is 0 Å². The molecule has 1 heteroatoms. The molecule has 0 N–H and O–H groups in total. The van der Waals surface area contributed by atoms with Crippen molar-refractivity contribution in [3.05, 3.63) is 60.2 Å². The molecule has 0 aliphatic heterocycles. The molecule has 0 saturated heterocycles. The molecule has 0 aliphatic rings. The maximum Gasteiger partial charge on any atom is 0.163 e. The molecule has 0 bridgehead atoms. The van der Waals surface area contributed by atoms with Gasteiger partial charge in [-0.3, -0.25) is 4.79 Å². The van der Waals surface area contributed by atoms with Crippen LogP contribution in [0.15, 0.2) is 54.6 Å². The summed E-state index contributed by atoms with van der Waals surface area (Å²) in [7, 11) is 0. The van der Waals surface area contributed by atoms with Gasteiger partial charge >= 0.3 is 0 Å². The molecule has 2 rings (SSSR count). The fourth-order valence-electron chi connectivity index (χ4n) is 2.29. The summed E-state index contributed by atoms with van der Waals surface area (Å²) < 4.78 is 0. The van der Waals surface area contributed by atoms with E-state index >= 15 is 0 Å². The van der Waals surface area contributed by atoms with Crippen molar-refractivity contribution < 1.29 is 4.79 Å². The molecule has 19 heavy (non-hydrogen) atoms. The number of carbonyl (C=O) groups excluding carboxylic acids is 1. The number of benzene rings is 2. The SMILES string of the molecule is C=C(Cc1cccc2ccccc12)C(=O)C(C)(C)C. The molecule has 0 heterocycles. The lowest BCUT2D eigenvalue weighted by molar-refractivity contribution is -0.122. The molecule has 0 fully saturated rings. The minimum absolute atomic E-state index is 0.139. The smallest absolute Gasteiger partial charge is 0.163 e. The molecule has 0 aliphatic carbocycles. The van der Waals surface area contributed by atoms with Crippen LogP contribution in [-0.2, 0) is 11.2 Å². The van der Waals surface area contributed by atoms with Crippen molar-refractivity contribution in [2.45, 2.75) is 27.2 Å². The maximum atomic E-state index is 12.2. The van der Waals surface area contributed by atoms with E-state index in [1.165, 1.54) is 16.3 Å². The quantitative estimate of drug-likeness (QED) is 0.732. The zero-order valence-electron chi connectivity index (χ0n) is 11.9. The number of fused-ring (bicyclic) bond motifs is 1. The number of Topliss-reactive ketones (excluding diaryl/α,β-unsaturated/α-hetero) is 1. The van der Waals surface area contributed by atoms with E-state index in [0.29, 0.717) is 12.0 Å². The zero-order valence-corrected chi connectivity index (χ0v) is 11.9. The fourth-order valence-corrected chi connectivity index (χ4v) is 2.29. The molecule has 2 aromatic rings. The van der Waals surface area contributed by atoms with Gasteiger partial charge in [-0.2, -0.15) is 0 Å². The van der Waals surface area contributed by atoms with Crippen molar-refractivity contribution in [3.8, 4) is 0 Å². The van der Waals surface area contributed by atoms with Gasteiger partial charge in [0.15, 0.2) is 5.78 Å². The monoisotopic (exact) mass is 252 g/mol. The molecule has 0 radical (unpaired) electrons. The van der Waals surface area contributed by atoms with Gasteiger partial charge in [-0.25, -0.2) is 0 Å². The van der Waals surface area contributed by atoms with Crippen molar-refractivity contribution in [1.29, 1.82) is 0 Å². The summed E-state index contributed by atoms with van der Waals surface area (Å²) >= 11 is 0. The maximum absolute atomic E-state index is 12.2. The van der Waals surface area contributed by atoms with E-state index in [1.807, 2.05) is 39.0 Å². The van der Waals surface area contributed by atoms with Crippen LogP contribution in [0.1, 0.15) is 26.3 Å². The predicted molar refractivity (Wildman–Crippen MR) is 81.3 cm³/mol. The first-order valence-electron chi connectivity index (χ1n) is 6.59. The van der Waals surface area contributed by atoms with Crippen LogP contribution in [0.2, 0.25) is 0 Å². The highest BCUT2D eigenvalue weighted by Gasteiger charge is 2.23. The number of carbonyl (C=O) groups is 1. The van der Waals surface area contributed by atoms with E-state index in [2.05, 4.69) is 30.8 Å². The topological polar surface area (TPSA) is 17.1 Å². The first-order valence-corrected chi connectivity index (χ1v) is 6.59. The third-order valence-corrected chi connectivity index (χ3v) is 3.29. The van der Waals surface area contributed by atoms with E-state index < -0.39 is 0 Å². The highest BCUT2D eigenvalue weighted by Crippen LogP contribution is 2.25. The summed E-state index contributed by atoms with van der Waals surface area (Å²) in [6.07, 6.45) is 0.622. The van der Waals surface area contributed by atoms with Gasteiger partial charge in [-0.1, -0.05) is 69.8 Å². The van der Waals surface area contributed by atoms with Gasteiger partial charge in [-0.05, 0) is 21.9 Å². The molecule has 0 unspecified atom stereocenters. The predicted octanol–water partition coefficient (Wildman–Crippen LogP) is 4.55. The number of hydrogen-bond donors (Lipinski definition) is 0. The van der Waals surface area contributed by atoms with Crippen LogP contribution in [0.5, 0.6) is 0 Å². The first-order chi connectivity index (χ1) is 8.89. The van der Waals surface area contributed by atoms with E-state index in [1.54, 1.807) is 0 Å². The second-order valence-electron chi connectivity index (χ2n) is 6.00. The molecule has 2 aromatic carbocycles. The largest absolute Gasteiger partial charge is 0.294 e. The summed E-state index contributed by atoms with van der Waals surface area (Å²) in [5, 5.41) is 2.41. The molecule has 98 valence electrons. The third kappa shape index (κ3) is 2.93.